The van der Waals surface area contributed by atoms with Gasteiger partial charge < -0.3 is 20.4 Å². The topological polar surface area (TPSA) is 92.1 Å². The molecule has 0 saturated carbocycles. The number of hydrogen-bond donors (Lipinski definition) is 3. The maximum absolute atomic E-state index is 11.7. The largest absolute Gasteiger partial charge is 0.406 e. The van der Waals surface area contributed by atoms with E-state index in [1.165, 1.54) is 0 Å². The van der Waals surface area contributed by atoms with Crippen LogP contribution in [-0.2, 0) is 4.79 Å². The molecule has 0 bridgehead atoms. The van der Waals surface area contributed by atoms with Crippen molar-refractivity contribution >= 4 is 11.9 Å². The SMILES string of the molecule is CCCNC(C)c1nnc(NCCC(=O)NC(C)(C)C)o1. The Bertz CT molecular complexity index is 439. The van der Waals surface area contributed by atoms with Gasteiger partial charge in [0.25, 0.3) is 0 Å². The molecule has 1 rings (SSSR count). The second-order valence-corrected chi connectivity index (χ2v) is 6.10. The maximum atomic E-state index is 11.7. The number of amides is 1. The van der Waals surface area contributed by atoms with Crippen molar-refractivity contribution < 1.29 is 9.21 Å². The molecule has 0 fully saturated rings. The molecule has 7 nitrogen and oxygen atoms in total. The maximum Gasteiger partial charge on any atom is 0.315 e. The smallest absolute Gasteiger partial charge is 0.315 e. The predicted octanol–water partition coefficient (Wildman–Crippen LogP) is 1.85. The molecule has 0 aromatic carbocycles. The van der Waals surface area contributed by atoms with E-state index < -0.39 is 0 Å². The summed E-state index contributed by atoms with van der Waals surface area (Å²) in [5.74, 6) is 0.540. The van der Waals surface area contributed by atoms with Crippen molar-refractivity contribution in [3.8, 4) is 0 Å². The van der Waals surface area contributed by atoms with E-state index in [4.69, 9.17) is 4.42 Å². The Morgan fingerprint density at radius 2 is 2.00 bits per heavy atom. The van der Waals surface area contributed by atoms with Gasteiger partial charge in [-0.3, -0.25) is 4.79 Å². The first-order valence-electron chi connectivity index (χ1n) is 7.43. The Morgan fingerprint density at radius 3 is 2.62 bits per heavy atom. The summed E-state index contributed by atoms with van der Waals surface area (Å²) in [4.78, 5) is 11.7. The van der Waals surface area contributed by atoms with Crippen molar-refractivity contribution in [3.63, 3.8) is 0 Å². The minimum Gasteiger partial charge on any atom is -0.406 e. The van der Waals surface area contributed by atoms with Crippen molar-refractivity contribution in [1.82, 2.24) is 20.8 Å². The molecule has 3 N–H and O–H groups in total. The Labute approximate surface area is 126 Å². The van der Waals surface area contributed by atoms with Crippen LogP contribution in [-0.4, -0.2) is 34.7 Å². The molecule has 1 aromatic heterocycles. The third-order valence-electron chi connectivity index (χ3n) is 2.65. The van der Waals surface area contributed by atoms with Gasteiger partial charge in [-0.2, -0.15) is 0 Å². The Hall–Kier alpha value is -1.63. The molecule has 0 radical (unpaired) electrons. The second-order valence-electron chi connectivity index (χ2n) is 6.10. The number of nitrogens with one attached hydrogen (secondary N) is 3. The van der Waals surface area contributed by atoms with Crippen LogP contribution in [0.1, 0.15) is 59.4 Å². The molecule has 0 saturated heterocycles. The van der Waals surface area contributed by atoms with Gasteiger partial charge in [0.05, 0.1) is 6.04 Å². The van der Waals surface area contributed by atoms with Crippen LogP contribution in [0.15, 0.2) is 4.42 Å². The van der Waals surface area contributed by atoms with E-state index in [1.807, 2.05) is 27.7 Å². The lowest BCUT2D eigenvalue weighted by Gasteiger charge is -2.20. The minimum absolute atomic E-state index is 0.00674. The molecule has 21 heavy (non-hydrogen) atoms. The standard InChI is InChI=1S/C14H27N5O2/c1-6-8-15-10(2)12-18-19-13(21-12)16-9-7-11(20)17-14(3,4)5/h10,15H,6-9H2,1-5H3,(H,16,19)(H,17,20). The van der Waals surface area contributed by atoms with Gasteiger partial charge in [-0.15, -0.1) is 5.10 Å². The molecular weight excluding hydrogens is 270 g/mol. The average molecular weight is 297 g/mol. The van der Waals surface area contributed by atoms with Crippen molar-refractivity contribution in [2.75, 3.05) is 18.4 Å². The quantitative estimate of drug-likeness (QED) is 0.678. The first kappa shape index (κ1) is 17.4. The highest BCUT2D eigenvalue weighted by Gasteiger charge is 2.15. The third-order valence-corrected chi connectivity index (χ3v) is 2.65. The van der Waals surface area contributed by atoms with Crippen LogP contribution in [0.2, 0.25) is 0 Å². The Morgan fingerprint density at radius 1 is 1.29 bits per heavy atom. The zero-order chi connectivity index (χ0) is 15.9. The van der Waals surface area contributed by atoms with Gasteiger partial charge >= 0.3 is 6.01 Å². The summed E-state index contributed by atoms with van der Waals surface area (Å²) in [6.45, 7) is 11.3. The normalized spacial score (nSPS) is 13.0. The number of aromatic nitrogens is 2. The van der Waals surface area contributed by atoms with Crippen molar-refractivity contribution in [1.29, 1.82) is 0 Å². The summed E-state index contributed by atoms with van der Waals surface area (Å²) in [6.07, 6.45) is 1.41. The molecule has 0 aliphatic carbocycles. The predicted molar refractivity (Wildman–Crippen MR) is 82.0 cm³/mol. The van der Waals surface area contributed by atoms with E-state index in [-0.39, 0.29) is 17.5 Å². The first-order valence-corrected chi connectivity index (χ1v) is 7.43. The third kappa shape index (κ3) is 7.08. The molecule has 1 aromatic rings. The zero-order valence-electron chi connectivity index (χ0n) is 13.6. The summed E-state index contributed by atoms with van der Waals surface area (Å²) in [5, 5.41) is 17.0. The lowest BCUT2D eigenvalue weighted by atomic mass is 10.1. The minimum atomic E-state index is -0.213. The summed E-state index contributed by atoms with van der Waals surface area (Å²) in [5.41, 5.74) is -0.213. The van der Waals surface area contributed by atoms with E-state index in [0.29, 0.717) is 24.9 Å². The summed E-state index contributed by atoms with van der Waals surface area (Å²) in [7, 11) is 0. The molecule has 7 heteroatoms. The van der Waals surface area contributed by atoms with Crippen LogP contribution < -0.4 is 16.0 Å². The van der Waals surface area contributed by atoms with Gasteiger partial charge in [0.1, 0.15) is 0 Å². The summed E-state index contributed by atoms with van der Waals surface area (Å²) >= 11 is 0. The van der Waals surface area contributed by atoms with Crippen LogP contribution in [0.5, 0.6) is 0 Å². The fourth-order valence-corrected chi connectivity index (χ4v) is 1.69. The number of hydrogen-bond acceptors (Lipinski definition) is 6. The Balaban J connectivity index is 2.33. The molecule has 0 aliphatic heterocycles. The van der Waals surface area contributed by atoms with Gasteiger partial charge in [-0.1, -0.05) is 12.0 Å². The summed E-state index contributed by atoms with van der Waals surface area (Å²) in [6, 6.07) is 0.371. The highest BCUT2D eigenvalue weighted by Crippen LogP contribution is 2.13. The molecular formula is C14H27N5O2. The van der Waals surface area contributed by atoms with Crippen LogP contribution in [0.4, 0.5) is 6.01 Å². The van der Waals surface area contributed by atoms with Crippen molar-refractivity contribution in [2.24, 2.45) is 0 Å². The average Bonchev–Trinajstić information content (AvgIpc) is 2.82. The van der Waals surface area contributed by atoms with Crippen LogP contribution in [0.3, 0.4) is 0 Å². The molecule has 1 amide bonds. The molecule has 0 aliphatic rings. The molecule has 1 unspecified atom stereocenters. The number of anilines is 1. The Kier molecular flexibility index (Phi) is 6.61. The molecule has 1 atom stereocenters. The number of nitrogens with zero attached hydrogens (tertiary/aromatic N) is 2. The second kappa shape index (κ2) is 7.97. The highest BCUT2D eigenvalue weighted by atomic mass is 16.4. The van der Waals surface area contributed by atoms with E-state index in [0.717, 1.165) is 13.0 Å². The van der Waals surface area contributed by atoms with Crippen LogP contribution >= 0.6 is 0 Å². The van der Waals surface area contributed by atoms with Gasteiger partial charge in [-0.25, -0.2) is 0 Å². The molecule has 120 valence electrons. The van der Waals surface area contributed by atoms with Crippen molar-refractivity contribution in [3.05, 3.63) is 5.89 Å². The van der Waals surface area contributed by atoms with E-state index in [1.54, 1.807) is 0 Å². The van der Waals surface area contributed by atoms with E-state index >= 15 is 0 Å². The number of carbonyl (C=O) groups is 1. The highest BCUT2D eigenvalue weighted by molar-refractivity contribution is 5.77. The fourth-order valence-electron chi connectivity index (χ4n) is 1.69. The van der Waals surface area contributed by atoms with Gasteiger partial charge in [-0.05, 0) is 40.7 Å². The zero-order valence-corrected chi connectivity index (χ0v) is 13.6. The van der Waals surface area contributed by atoms with Crippen molar-refractivity contribution in [2.45, 2.75) is 59.0 Å². The van der Waals surface area contributed by atoms with Gasteiger partial charge in [0, 0.05) is 18.5 Å². The van der Waals surface area contributed by atoms with Gasteiger partial charge in [0.2, 0.25) is 11.8 Å². The van der Waals surface area contributed by atoms with Gasteiger partial charge in [0.15, 0.2) is 0 Å². The van der Waals surface area contributed by atoms with Crippen LogP contribution in [0.25, 0.3) is 0 Å². The fraction of sp³-hybridized carbons (Fsp3) is 0.786. The molecule has 1 heterocycles. The lowest BCUT2D eigenvalue weighted by Crippen LogP contribution is -2.41. The number of carbonyl (C=O) groups excluding carboxylic acids is 1. The summed E-state index contributed by atoms with van der Waals surface area (Å²) < 4.78 is 5.50. The number of rotatable bonds is 8. The van der Waals surface area contributed by atoms with Crippen LogP contribution in [0, 0.1) is 0 Å². The monoisotopic (exact) mass is 297 g/mol. The lowest BCUT2D eigenvalue weighted by molar-refractivity contribution is -0.122. The first-order chi connectivity index (χ1) is 9.81. The van der Waals surface area contributed by atoms with E-state index in [9.17, 15) is 4.79 Å². The molecule has 0 spiro atoms. The van der Waals surface area contributed by atoms with E-state index in [2.05, 4.69) is 33.1 Å².